The summed E-state index contributed by atoms with van der Waals surface area (Å²) < 4.78 is 10.4. The van der Waals surface area contributed by atoms with Gasteiger partial charge in [-0.25, -0.2) is 9.97 Å². The van der Waals surface area contributed by atoms with Crippen molar-refractivity contribution >= 4 is 35.3 Å². The minimum atomic E-state index is 0.280. The number of ether oxygens (including phenoxy) is 2. The summed E-state index contributed by atoms with van der Waals surface area (Å²) in [6.07, 6.45) is 3.45. The van der Waals surface area contributed by atoms with Crippen molar-refractivity contribution in [3.05, 3.63) is 29.5 Å². The fourth-order valence-corrected chi connectivity index (χ4v) is 2.09. The van der Waals surface area contributed by atoms with Crippen LogP contribution in [0, 0.1) is 0 Å². The lowest BCUT2D eigenvalue weighted by molar-refractivity contribution is -0.105. The highest BCUT2D eigenvalue weighted by molar-refractivity contribution is 6.35. The molecule has 0 unspecified atom stereocenters. The number of carbonyl (C=O) groups excluding carboxylic acids is 1. The van der Waals surface area contributed by atoms with E-state index < -0.39 is 0 Å². The van der Waals surface area contributed by atoms with Crippen molar-refractivity contribution in [3.63, 3.8) is 0 Å². The highest BCUT2D eigenvalue weighted by Crippen LogP contribution is 2.37. The van der Waals surface area contributed by atoms with E-state index in [1.54, 1.807) is 26.3 Å². The molecular formula is C17H25ClN6O3. The molecule has 0 aliphatic heterocycles. The van der Waals surface area contributed by atoms with Crippen molar-refractivity contribution in [2.24, 2.45) is 0 Å². The molecule has 2 rings (SSSR count). The minimum Gasteiger partial charge on any atom is -0.454 e. The summed E-state index contributed by atoms with van der Waals surface area (Å²) in [5.41, 5.74) is 6.18. The third-order valence-electron chi connectivity index (χ3n) is 3.17. The van der Waals surface area contributed by atoms with E-state index in [4.69, 9.17) is 26.8 Å². The van der Waals surface area contributed by atoms with Crippen molar-refractivity contribution < 1.29 is 14.3 Å². The normalized spacial score (nSPS) is 10.0. The molecule has 4 N–H and O–H groups in total. The average molecular weight is 397 g/mol. The van der Waals surface area contributed by atoms with E-state index in [1.807, 2.05) is 14.1 Å². The van der Waals surface area contributed by atoms with Gasteiger partial charge in [0.25, 0.3) is 0 Å². The molecule has 9 nitrogen and oxygen atoms in total. The van der Waals surface area contributed by atoms with Gasteiger partial charge in [-0.3, -0.25) is 4.79 Å². The van der Waals surface area contributed by atoms with E-state index in [2.05, 4.69) is 25.5 Å². The number of amides is 1. The topological polar surface area (TPSA) is 115 Å². The second kappa shape index (κ2) is 11.9. The number of pyridine rings is 2. The highest BCUT2D eigenvalue weighted by atomic mass is 35.5. The van der Waals surface area contributed by atoms with E-state index >= 15 is 0 Å². The number of hydrogen-bond donors (Lipinski definition) is 3. The predicted octanol–water partition coefficient (Wildman–Crippen LogP) is 2.31. The van der Waals surface area contributed by atoms with Gasteiger partial charge in [0.1, 0.15) is 22.4 Å². The Labute approximate surface area is 163 Å². The van der Waals surface area contributed by atoms with Crippen LogP contribution >= 0.6 is 11.6 Å². The molecule has 2 aromatic rings. The number of nitrogens with zero attached hydrogens (tertiary/aromatic N) is 3. The molecule has 0 fully saturated rings. The number of likely N-dealkylation sites (N-methyl/N-ethyl adjacent to an activating group) is 1. The third-order valence-corrected chi connectivity index (χ3v) is 3.55. The molecule has 0 bridgehead atoms. The SMILES string of the molecule is CNc1c(N)ncc(Oc2ccnc(NC=O)c2)c1Cl.COCCN(C)C. The summed E-state index contributed by atoms with van der Waals surface area (Å²) in [7, 11) is 7.45. The Morgan fingerprint density at radius 2 is 2.11 bits per heavy atom. The summed E-state index contributed by atoms with van der Waals surface area (Å²) in [5, 5.41) is 5.60. The fourth-order valence-electron chi connectivity index (χ4n) is 1.81. The van der Waals surface area contributed by atoms with Crippen LogP contribution in [0.1, 0.15) is 0 Å². The van der Waals surface area contributed by atoms with Crippen molar-refractivity contribution in [3.8, 4) is 11.5 Å². The predicted molar refractivity (Wildman–Crippen MR) is 108 cm³/mol. The summed E-state index contributed by atoms with van der Waals surface area (Å²) in [6.45, 7) is 1.84. The minimum absolute atomic E-state index is 0.280. The largest absolute Gasteiger partial charge is 0.454 e. The van der Waals surface area contributed by atoms with E-state index in [0.717, 1.165) is 13.2 Å². The second-order valence-electron chi connectivity index (χ2n) is 5.48. The molecule has 0 saturated heterocycles. The summed E-state index contributed by atoms with van der Waals surface area (Å²) in [4.78, 5) is 20.4. The molecule has 27 heavy (non-hydrogen) atoms. The number of methoxy groups -OCH3 is 1. The van der Waals surface area contributed by atoms with Crippen LogP contribution in [0.3, 0.4) is 0 Å². The molecule has 2 heterocycles. The lowest BCUT2D eigenvalue weighted by Gasteiger charge is -2.12. The molecule has 0 aliphatic rings. The first-order valence-corrected chi connectivity index (χ1v) is 8.40. The van der Waals surface area contributed by atoms with Gasteiger partial charge in [-0.15, -0.1) is 0 Å². The zero-order valence-corrected chi connectivity index (χ0v) is 16.6. The lowest BCUT2D eigenvalue weighted by atomic mass is 10.3. The molecule has 0 spiro atoms. The molecule has 0 radical (unpaired) electrons. The molecule has 0 saturated carbocycles. The Hall–Kier alpha value is -2.62. The van der Waals surface area contributed by atoms with E-state index in [-0.39, 0.29) is 5.82 Å². The second-order valence-corrected chi connectivity index (χ2v) is 5.86. The molecule has 0 aromatic carbocycles. The average Bonchev–Trinajstić information content (AvgIpc) is 2.64. The first-order valence-electron chi connectivity index (χ1n) is 8.02. The molecule has 1 amide bonds. The van der Waals surface area contributed by atoms with Crippen LogP contribution in [-0.4, -0.2) is 62.7 Å². The van der Waals surface area contributed by atoms with E-state index in [1.165, 1.54) is 12.4 Å². The molecule has 10 heteroatoms. The summed E-state index contributed by atoms with van der Waals surface area (Å²) in [6, 6.07) is 3.18. The molecule has 148 valence electrons. The van der Waals surface area contributed by atoms with Crippen LogP contribution in [0.15, 0.2) is 24.5 Å². The van der Waals surface area contributed by atoms with Crippen LogP contribution in [0.2, 0.25) is 5.02 Å². The highest BCUT2D eigenvalue weighted by Gasteiger charge is 2.12. The van der Waals surface area contributed by atoms with Crippen molar-refractivity contribution in [2.75, 3.05) is 57.8 Å². The third kappa shape index (κ3) is 7.65. The maximum Gasteiger partial charge on any atom is 0.212 e. The van der Waals surface area contributed by atoms with Gasteiger partial charge in [0.15, 0.2) is 5.75 Å². The van der Waals surface area contributed by atoms with Crippen molar-refractivity contribution in [1.82, 2.24) is 14.9 Å². The quantitative estimate of drug-likeness (QED) is 0.582. The standard InChI is InChI=1S/C12H12ClN5O2.C5H13NO/c1-15-11-10(13)8(5-17-12(11)14)20-7-2-3-16-9(4-7)18-6-19;1-6(2)4-5-7-3/h2-6,15H,1H3,(H2,14,17)(H,16,18,19);4-5H2,1-3H3. The smallest absolute Gasteiger partial charge is 0.212 e. The van der Waals surface area contributed by atoms with Gasteiger partial charge in [-0.2, -0.15) is 0 Å². The van der Waals surface area contributed by atoms with Crippen LogP contribution in [0.4, 0.5) is 17.3 Å². The number of hydrogen-bond acceptors (Lipinski definition) is 8. The monoisotopic (exact) mass is 396 g/mol. The maximum absolute atomic E-state index is 10.4. The van der Waals surface area contributed by atoms with Crippen LogP contribution in [0.5, 0.6) is 11.5 Å². The van der Waals surface area contributed by atoms with Gasteiger partial charge in [0, 0.05) is 33.0 Å². The number of anilines is 3. The Bertz CT molecular complexity index is 730. The number of nitrogens with one attached hydrogen (secondary N) is 2. The Balaban J connectivity index is 0.000000445. The zero-order chi connectivity index (χ0) is 20.2. The molecular weight excluding hydrogens is 372 g/mol. The molecule has 2 aromatic heterocycles. The first kappa shape index (κ1) is 22.4. The van der Waals surface area contributed by atoms with Crippen LogP contribution < -0.4 is 21.1 Å². The Kier molecular flexibility index (Phi) is 9.88. The molecule has 0 atom stereocenters. The van der Waals surface area contributed by atoms with E-state index in [0.29, 0.717) is 34.4 Å². The van der Waals surface area contributed by atoms with Gasteiger partial charge in [-0.05, 0) is 20.2 Å². The lowest BCUT2D eigenvalue weighted by Crippen LogP contribution is -2.16. The van der Waals surface area contributed by atoms with Crippen molar-refractivity contribution in [2.45, 2.75) is 0 Å². The fraction of sp³-hybridized carbons (Fsp3) is 0.353. The number of nitrogen functional groups attached to an aromatic ring is 1. The van der Waals surface area contributed by atoms with Crippen LogP contribution in [-0.2, 0) is 9.53 Å². The number of carbonyl (C=O) groups is 1. The first-order chi connectivity index (χ1) is 12.9. The van der Waals surface area contributed by atoms with Gasteiger partial charge in [0.05, 0.1) is 18.5 Å². The van der Waals surface area contributed by atoms with Crippen LogP contribution in [0.25, 0.3) is 0 Å². The van der Waals surface area contributed by atoms with Crippen molar-refractivity contribution in [1.29, 1.82) is 0 Å². The number of halogens is 1. The maximum atomic E-state index is 10.4. The number of rotatable bonds is 8. The van der Waals surface area contributed by atoms with Gasteiger partial charge in [0.2, 0.25) is 6.41 Å². The Morgan fingerprint density at radius 3 is 2.67 bits per heavy atom. The van der Waals surface area contributed by atoms with Gasteiger partial charge < -0.3 is 30.7 Å². The number of nitrogens with two attached hydrogens (primary N) is 1. The van der Waals surface area contributed by atoms with Gasteiger partial charge >= 0.3 is 0 Å². The van der Waals surface area contributed by atoms with Gasteiger partial charge in [-0.1, -0.05) is 11.6 Å². The van der Waals surface area contributed by atoms with E-state index in [9.17, 15) is 4.79 Å². The molecule has 0 aliphatic carbocycles. The summed E-state index contributed by atoms with van der Waals surface area (Å²) >= 11 is 6.17. The number of aromatic nitrogens is 2. The Morgan fingerprint density at radius 1 is 1.37 bits per heavy atom. The zero-order valence-electron chi connectivity index (χ0n) is 15.8. The summed E-state index contributed by atoms with van der Waals surface area (Å²) in [5.74, 6) is 1.45.